The zero-order valence-electron chi connectivity index (χ0n) is 10.6. The first-order chi connectivity index (χ1) is 8.52. The quantitative estimate of drug-likeness (QED) is 0.721. The Morgan fingerprint density at radius 1 is 1.33 bits per heavy atom. The number of hydrogen-bond donors (Lipinski definition) is 2. The lowest BCUT2D eigenvalue weighted by Gasteiger charge is -2.18. The van der Waals surface area contributed by atoms with Crippen LogP contribution in [0.1, 0.15) is 18.9 Å². The van der Waals surface area contributed by atoms with E-state index in [-0.39, 0.29) is 12.5 Å². The lowest BCUT2D eigenvalue weighted by molar-refractivity contribution is -0.134. The average molecular weight is 249 g/mol. The molecule has 0 aliphatic rings. The third kappa shape index (κ3) is 4.45. The molecule has 0 atom stereocenters. The second-order valence-corrected chi connectivity index (χ2v) is 4.12. The fraction of sp³-hybridized carbons (Fsp3) is 0.385. The fourth-order valence-corrected chi connectivity index (χ4v) is 1.72. The number of nitrogen functional groups attached to an aromatic ring is 1. The highest BCUT2D eigenvalue weighted by Gasteiger charge is 2.13. The van der Waals surface area contributed by atoms with Gasteiger partial charge >= 0.3 is 0 Å². The van der Waals surface area contributed by atoms with Crippen molar-refractivity contribution in [1.82, 2.24) is 4.90 Å². The highest BCUT2D eigenvalue weighted by molar-refractivity contribution is 5.83. The summed E-state index contributed by atoms with van der Waals surface area (Å²) in [6.07, 6.45) is 0.962. The number of primary amides is 1. The number of rotatable bonds is 6. The van der Waals surface area contributed by atoms with Crippen LogP contribution in [0.5, 0.6) is 0 Å². The van der Waals surface area contributed by atoms with Crippen LogP contribution in [0.4, 0.5) is 5.69 Å². The molecule has 0 aromatic heterocycles. The molecular weight excluding hydrogens is 230 g/mol. The van der Waals surface area contributed by atoms with Crippen molar-refractivity contribution in [1.29, 1.82) is 0 Å². The lowest BCUT2D eigenvalue weighted by Crippen LogP contribution is -2.38. The number of benzene rings is 1. The molecule has 0 heterocycles. The third-order valence-corrected chi connectivity index (χ3v) is 2.66. The second-order valence-electron chi connectivity index (χ2n) is 4.12. The second kappa shape index (κ2) is 6.64. The first kappa shape index (κ1) is 14.0. The first-order valence-electron chi connectivity index (χ1n) is 5.93. The lowest BCUT2D eigenvalue weighted by atomic mass is 10.1. The van der Waals surface area contributed by atoms with Crippen molar-refractivity contribution in [2.75, 3.05) is 18.8 Å². The van der Waals surface area contributed by atoms with Crippen LogP contribution in [-0.4, -0.2) is 29.8 Å². The average Bonchev–Trinajstić information content (AvgIpc) is 2.33. The molecule has 0 saturated heterocycles. The summed E-state index contributed by atoms with van der Waals surface area (Å²) in [6.45, 7) is 2.28. The summed E-state index contributed by atoms with van der Waals surface area (Å²) in [7, 11) is 0. The molecule has 0 bridgehead atoms. The van der Waals surface area contributed by atoms with Crippen LogP contribution in [-0.2, 0) is 16.0 Å². The molecule has 2 amide bonds. The minimum absolute atomic E-state index is 0.0216. The van der Waals surface area contributed by atoms with Crippen LogP contribution in [0.3, 0.4) is 0 Å². The summed E-state index contributed by atoms with van der Waals surface area (Å²) in [4.78, 5) is 24.1. The molecule has 1 rings (SSSR count). The van der Waals surface area contributed by atoms with Gasteiger partial charge in [0.2, 0.25) is 11.8 Å². The zero-order chi connectivity index (χ0) is 13.5. The molecule has 5 heteroatoms. The summed E-state index contributed by atoms with van der Waals surface area (Å²) in [5.74, 6) is -0.562. The summed E-state index contributed by atoms with van der Waals surface area (Å²) in [5, 5.41) is 0. The molecule has 0 aliphatic heterocycles. The van der Waals surface area contributed by atoms with Crippen LogP contribution in [0.2, 0.25) is 0 Å². The Morgan fingerprint density at radius 3 is 2.61 bits per heavy atom. The molecule has 0 saturated carbocycles. The van der Waals surface area contributed by atoms with E-state index in [0.717, 1.165) is 5.56 Å². The molecule has 5 nitrogen and oxygen atoms in total. The van der Waals surface area contributed by atoms with Gasteiger partial charge in [-0.25, -0.2) is 0 Å². The molecule has 1 aromatic rings. The van der Waals surface area contributed by atoms with Gasteiger partial charge in [0.25, 0.3) is 0 Å². The van der Waals surface area contributed by atoms with E-state index in [1.54, 1.807) is 6.07 Å². The van der Waals surface area contributed by atoms with Crippen LogP contribution in [0, 0.1) is 0 Å². The van der Waals surface area contributed by atoms with Gasteiger partial charge in [0.15, 0.2) is 0 Å². The Morgan fingerprint density at radius 2 is 2.06 bits per heavy atom. The maximum Gasteiger partial charge on any atom is 0.237 e. The van der Waals surface area contributed by atoms with E-state index in [2.05, 4.69) is 0 Å². The first-order valence-corrected chi connectivity index (χ1v) is 5.93. The van der Waals surface area contributed by atoms with Crippen molar-refractivity contribution < 1.29 is 9.59 Å². The van der Waals surface area contributed by atoms with Crippen LogP contribution < -0.4 is 11.5 Å². The number of hydrogen-bond acceptors (Lipinski definition) is 3. The number of aryl methyl sites for hydroxylation is 1. The molecular formula is C13H19N3O2. The van der Waals surface area contributed by atoms with Crippen LogP contribution in [0.15, 0.2) is 24.3 Å². The monoisotopic (exact) mass is 249 g/mol. The predicted molar refractivity (Wildman–Crippen MR) is 70.6 cm³/mol. The van der Waals surface area contributed by atoms with Crippen molar-refractivity contribution >= 4 is 17.5 Å². The Bertz CT molecular complexity index is 432. The standard InChI is InChI=1S/C13H19N3O2/c1-2-16(9-12(15)17)13(18)7-6-10-4-3-5-11(14)8-10/h3-5,8H,2,6-7,9,14H2,1H3,(H2,15,17). The highest BCUT2D eigenvalue weighted by Crippen LogP contribution is 2.09. The Balaban J connectivity index is 2.51. The van der Waals surface area contributed by atoms with Gasteiger partial charge in [-0.05, 0) is 31.0 Å². The number of likely N-dealkylation sites (N-methyl/N-ethyl adjacent to an activating group) is 1. The fourth-order valence-electron chi connectivity index (χ4n) is 1.72. The summed E-state index contributed by atoms with van der Waals surface area (Å²) in [6, 6.07) is 7.43. The van der Waals surface area contributed by atoms with E-state index >= 15 is 0 Å². The maximum absolute atomic E-state index is 11.9. The number of carbonyl (C=O) groups is 2. The maximum atomic E-state index is 11.9. The molecule has 0 unspecified atom stereocenters. The molecule has 18 heavy (non-hydrogen) atoms. The van der Waals surface area contributed by atoms with E-state index in [1.165, 1.54) is 4.90 Å². The van der Waals surface area contributed by atoms with E-state index in [0.29, 0.717) is 25.1 Å². The number of nitrogens with zero attached hydrogens (tertiary/aromatic N) is 1. The Kier molecular flexibility index (Phi) is 5.17. The van der Waals surface area contributed by atoms with Gasteiger partial charge < -0.3 is 16.4 Å². The van der Waals surface area contributed by atoms with Crippen molar-refractivity contribution in [2.24, 2.45) is 5.73 Å². The van der Waals surface area contributed by atoms with Crippen LogP contribution >= 0.6 is 0 Å². The molecule has 0 aliphatic carbocycles. The minimum Gasteiger partial charge on any atom is -0.399 e. The molecule has 1 aromatic carbocycles. The minimum atomic E-state index is -0.492. The molecule has 98 valence electrons. The smallest absolute Gasteiger partial charge is 0.237 e. The van der Waals surface area contributed by atoms with Crippen LogP contribution in [0.25, 0.3) is 0 Å². The van der Waals surface area contributed by atoms with Crippen molar-refractivity contribution in [2.45, 2.75) is 19.8 Å². The number of anilines is 1. The van der Waals surface area contributed by atoms with Gasteiger partial charge in [-0.3, -0.25) is 9.59 Å². The highest BCUT2D eigenvalue weighted by atomic mass is 16.2. The molecule has 4 N–H and O–H groups in total. The number of nitrogens with two attached hydrogens (primary N) is 2. The largest absolute Gasteiger partial charge is 0.399 e. The predicted octanol–water partition coefficient (Wildman–Crippen LogP) is 0.535. The van der Waals surface area contributed by atoms with Gasteiger partial charge in [-0.15, -0.1) is 0 Å². The molecule has 0 spiro atoms. The number of carbonyl (C=O) groups excluding carboxylic acids is 2. The van der Waals surface area contributed by atoms with Gasteiger partial charge in [-0.1, -0.05) is 12.1 Å². The normalized spacial score (nSPS) is 10.1. The van der Waals surface area contributed by atoms with Gasteiger partial charge in [0.05, 0.1) is 6.54 Å². The third-order valence-electron chi connectivity index (χ3n) is 2.66. The Labute approximate surface area is 107 Å². The van der Waals surface area contributed by atoms with Gasteiger partial charge in [0.1, 0.15) is 0 Å². The van der Waals surface area contributed by atoms with Gasteiger partial charge in [0, 0.05) is 18.7 Å². The molecule has 0 radical (unpaired) electrons. The van der Waals surface area contributed by atoms with E-state index in [9.17, 15) is 9.59 Å². The van der Waals surface area contributed by atoms with E-state index in [1.807, 2.05) is 25.1 Å². The van der Waals surface area contributed by atoms with Crippen molar-refractivity contribution in [3.63, 3.8) is 0 Å². The topological polar surface area (TPSA) is 89.4 Å². The summed E-state index contributed by atoms with van der Waals surface area (Å²) in [5.41, 5.74) is 12.4. The SMILES string of the molecule is CCN(CC(N)=O)C(=O)CCc1cccc(N)c1. The van der Waals surface area contributed by atoms with E-state index < -0.39 is 5.91 Å². The van der Waals surface area contributed by atoms with Crippen molar-refractivity contribution in [3.8, 4) is 0 Å². The molecule has 0 fully saturated rings. The Hall–Kier alpha value is -2.04. The summed E-state index contributed by atoms with van der Waals surface area (Å²) < 4.78 is 0. The van der Waals surface area contributed by atoms with Gasteiger partial charge in [-0.2, -0.15) is 0 Å². The van der Waals surface area contributed by atoms with E-state index in [4.69, 9.17) is 11.5 Å². The summed E-state index contributed by atoms with van der Waals surface area (Å²) >= 11 is 0. The zero-order valence-corrected chi connectivity index (χ0v) is 10.6. The number of amides is 2. The van der Waals surface area contributed by atoms with Crippen molar-refractivity contribution in [3.05, 3.63) is 29.8 Å².